The number of hydrogen-bond donors (Lipinski definition) is 1. The molecule has 9 nitrogen and oxygen atoms in total. The summed E-state index contributed by atoms with van der Waals surface area (Å²) >= 11 is 3.53. The zero-order chi connectivity index (χ0) is 20.1. The Morgan fingerprint density at radius 3 is 2.93 bits per heavy atom. The van der Waals surface area contributed by atoms with E-state index in [1.54, 1.807) is 28.4 Å². The largest absolute Gasteiger partial charge is 0.496 e. The monoisotopic (exact) mass is 453 g/mol. The summed E-state index contributed by atoms with van der Waals surface area (Å²) in [5, 5.41) is 20.0. The van der Waals surface area contributed by atoms with Gasteiger partial charge in [0.1, 0.15) is 17.9 Å². The van der Waals surface area contributed by atoms with E-state index in [9.17, 15) is 4.79 Å². The summed E-state index contributed by atoms with van der Waals surface area (Å²) in [5.74, 6) is 1.64. The second-order valence-electron chi connectivity index (χ2n) is 6.78. The Hall–Kier alpha value is -3.27. The molecule has 29 heavy (non-hydrogen) atoms. The van der Waals surface area contributed by atoms with Crippen LogP contribution in [0, 0.1) is 6.92 Å². The number of nitrogens with one attached hydrogen (secondary N) is 1. The van der Waals surface area contributed by atoms with Crippen LogP contribution in [-0.2, 0) is 4.79 Å². The Balaban J connectivity index is 1.70. The number of ether oxygens (including phenoxy) is 1. The third-order valence-electron chi connectivity index (χ3n) is 5.03. The van der Waals surface area contributed by atoms with Crippen molar-refractivity contribution in [1.29, 1.82) is 0 Å². The van der Waals surface area contributed by atoms with E-state index >= 15 is 0 Å². The number of anilines is 1. The van der Waals surface area contributed by atoms with E-state index in [2.05, 4.69) is 41.6 Å². The van der Waals surface area contributed by atoms with Gasteiger partial charge in [0.15, 0.2) is 11.5 Å². The molecule has 3 aromatic heterocycles. The molecule has 1 unspecified atom stereocenters. The molecule has 0 saturated heterocycles. The van der Waals surface area contributed by atoms with Crippen molar-refractivity contribution in [1.82, 2.24) is 29.6 Å². The first-order valence-corrected chi connectivity index (χ1v) is 9.74. The molecule has 146 valence electrons. The van der Waals surface area contributed by atoms with Gasteiger partial charge in [-0.2, -0.15) is 14.3 Å². The minimum absolute atomic E-state index is 0.0870. The minimum Gasteiger partial charge on any atom is -0.496 e. The van der Waals surface area contributed by atoms with Crippen LogP contribution in [0.15, 0.2) is 41.1 Å². The molecule has 1 amide bonds. The Morgan fingerprint density at radius 1 is 1.24 bits per heavy atom. The average Bonchev–Trinajstić information content (AvgIpc) is 3.31. The first-order valence-electron chi connectivity index (χ1n) is 8.95. The van der Waals surface area contributed by atoms with Crippen LogP contribution in [0.5, 0.6) is 5.75 Å². The van der Waals surface area contributed by atoms with Crippen LogP contribution >= 0.6 is 15.9 Å². The number of carbonyl (C=O) groups excluding carboxylic acids is 1. The number of nitrogens with zero attached hydrogens (tertiary/aromatic N) is 6. The fraction of sp³-hybridized carbons (Fsp3) is 0.211. The Bertz CT molecular complexity index is 1260. The third kappa shape index (κ3) is 2.87. The number of aryl methyl sites for hydroxylation is 1. The lowest BCUT2D eigenvalue weighted by Crippen LogP contribution is -2.25. The van der Waals surface area contributed by atoms with Crippen LogP contribution in [0.1, 0.15) is 29.2 Å². The fourth-order valence-electron chi connectivity index (χ4n) is 3.79. The number of methoxy groups -OCH3 is 1. The van der Waals surface area contributed by atoms with Crippen molar-refractivity contribution in [2.24, 2.45) is 0 Å². The Labute approximate surface area is 173 Å². The third-order valence-corrected chi connectivity index (χ3v) is 5.53. The smallest absolute Gasteiger partial charge is 0.226 e. The van der Waals surface area contributed by atoms with E-state index < -0.39 is 0 Å². The second kappa shape index (κ2) is 6.66. The van der Waals surface area contributed by atoms with Gasteiger partial charge in [-0.1, -0.05) is 15.9 Å². The standard InChI is InChI=1S/C19H16BrN7O2/c1-10-18-13(12-7-11(20)3-4-14(12)29-2)8-17(28)22-19(18)27(24-10)16-6-5-15-23-21-9-26(15)25-16/h3-7,9,13H,8H2,1-2H3,(H,22,28). The zero-order valence-electron chi connectivity index (χ0n) is 15.6. The van der Waals surface area contributed by atoms with E-state index in [1.807, 2.05) is 25.1 Å². The van der Waals surface area contributed by atoms with Crippen molar-refractivity contribution in [3.63, 3.8) is 0 Å². The Morgan fingerprint density at radius 2 is 2.10 bits per heavy atom. The lowest BCUT2D eigenvalue weighted by Gasteiger charge is -2.25. The maximum Gasteiger partial charge on any atom is 0.226 e. The maximum atomic E-state index is 12.6. The van der Waals surface area contributed by atoms with Gasteiger partial charge in [0.05, 0.1) is 12.8 Å². The number of hydrogen-bond acceptors (Lipinski definition) is 6. The van der Waals surface area contributed by atoms with Crippen LogP contribution < -0.4 is 10.1 Å². The zero-order valence-corrected chi connectivity index (χ0v) is 17.2. The molecular weight excluding hydrogens is 438 g/mol. The van der Waals surface area contributed by atoms with Gasteiger partial charge in [-0.05, 0) is 37.3 Å². The van der Waals surface area contributed by atoms with E-state index in [4.69, 9.17) is 4.74 Å². The lowest BCUT2D eigenvalue weighted by molar-refractivity contribution is -0.116. The van der Waals surface area contributed by atoms with Gasteiger partial charge in [0.25, 0.3) is 0 Å². The first-order chi connectivity index (χ1) is 14.0. The van der Waals surface area contributed by atoms with Crippen LogP contribution in [0.2, 0.25) is 0 Å². The minimum atomic E-state index is -0.182. The summed E-state index contributed by atoms with van der Waals surface area (Å²) in [4.78, 5) is 12.6. The highest BCUT2D eigenvalue weighted by Crippen LogP contribution is 2.43. The van der Waals surface area contributed by atoms with Gasteiger partial charge in [-0.15, -0.1) is 15.3 Å². The predicted octanol–water partition coefficient (Wildman–Crippen LogP) is 2.86. The molecule has 0 fully saturated rings. The second-order valence-corrected chi connectivity index (χ2v) is 7.69. The molecule has 4 aromatic rings. The van der Waals surface area contributed by atoms with Crippen LogP contribution in [0.4, 0.5) is 5.82 Å². The fourth-order valence-corrected chi connectivity index (χ4v) is 4.17. The highest BCUT2D eigenvalue weighted by Gasteiger charge is 2.34. The summed E-state index contributed by atoms with van der Waals surface area (Å²) in [5.41, 5.74) is 3.33. The molecule has 5 rings (SSSR count). The van der Waals surface area contributed by atoms with Gasteiger partial charge in [0, 0.05) is 27.9 Å². The Kier molecular flexibility index (Phi) is 4.09. The molecule has 1 atom stereocenters. The molecule has 0 saturated carbocycles. The van der Waals surface area contributed by atoms with Crippen molar-refractivity contribution in [2.75, 3.05) is 12.4 Å². The van der Waals surface area contributed by atoms with Crippen molar-refractivity contribution < 1.29 is 9.53 Å². The summed E-state index contributed by atoms with van der Waals surface area (Å²) in [6.07, 6.45) is 1.83. The molecular formula is C19H16BrN7O2. The summed E-state index contributed by atoms with van der Waals surface area (Å²) in [6.45, 7) is 1.93. The highest BCUT2D eigenvalue weighted by atomic mass is 79.9. The topological polar surface area (TPSA) is 99.2 Å². The van der Waals surface area contributed by atoms with Crippen molar-refractivity contribution in [3.05, 3.63) is 58.0 Å². The van der Waals surface area contributed by atoms with Gasteiger partial charge < -0.3 is 10.1 Å². The number of halogens is 1. The molecule has 1 aromatic carbocycles. The molecule has 0 aliphatic carbocycles. The normalized spacial score (nSPS) is 16.0. The molecule has 0 bridgehead atoms. The van der Waals surface area contributed by atoms with E-state index in [0.29, 0.717) is 23.7 Å². The molecule has 1 aliphatic heterocycles. The molecule has 1 N–H and O–H groups in total. The quantitative estimate of drug-likeness (QED) is 0.511. The number of benzene rings is 1. The summed E-state index contributed by atoms with van der Waals surface area (Å²) in [6, 6.07) is 9.40. The van der Waals surface area contributed by atoms with E-state index in [-0.39, 0.29) is 11.8 Å². The van der Waals surface area contributed by atoms with Crippen LogP contribution in [0.3, 0.4) is 0 Å². The summed E-state index contributed by atoms with van der Waals surface area (Å²) in [7, 11) is 1.63. The molecule has 10 heteroatoms. The maximum absolute atomic E-state index is 12.6. The SMILES string of the molecule is COc1ccc(Br)cc1C1CC(=O)Nc2c1c(C)nn2-c1ccc2nncn2n1. The first kappa shape index (κ1) is 17.8. The predicted molar refractivity (Wildman–Crippen MR) is 108 cm³/mol. The van der Waals surface area contributed by atoms with Gasteiger partial charge in [-0.3, -0.25) is 4.79 Å². The number of aromatic nitrogens is 6. The number of carbonyl (C=O) groups is 1. The van der Waals surface area contributed by atoms with Crippen molar-refractivity contribution >= 4 is 33.3 Å². The van der Waals surface area contributed by atoms with Crippen molar-refractivity contribution in [2.45, 2.75) is 19.3 Å². The molecule has 0 spiro atoms. The number of amides is 1. The van der Waals surface area contributed by atoms with Gasteiger partial charge in [-0.25, -0.2) is 0 Å². The molecule has 0 radical (unpaired) electrons. The van der Waals surface area contributed by atoms with Crippen LogP contribution in [-0.4, -0.2) is 42.6 Å². The van der Waals surface area contributed by atoms with Gasteiger partial charge >= 0.3 is 0 Å². The van der Waals surface area contributed by atoms with Crippen LogP contribution in [0.25, 0.3) is 11.5 Å². The number of fused-ring (bicyclic) bond motifs is 2. The number of rotatable bonds is 3. The van der Waals surface area contributed by atoms with Gasteiger partial charge in [0.2, 0.25) is 5.91 Å². The van der Waals surface area contributed by atoms with Crippen molar-refractivity contribution in [3.8, 4) is 11.6 Å². The molecule has 1 aliphatic rings. The molecule has 4 heterocycles. The van der Waals surface area contributed by atoms with E-state index in [0.717, 1.165) is 27.0 Å². The summed E-state index contributed by atoms with van der Waals surface area (Å²) < 4.78 is 9.71. The lowest BCUT2D eigenvalue weighted by atomic mass is 9.85. The highest BCUT2D eigenvalue weighted by molar-refractivity contribution is 9.10. The average molecular weight is 454 g/mol. The van der Waals surface area contributed by atoms with E-state index in [1.165, 1.54) is 6.33 Å².